The SMILES string of the molecule is Cc1cn(-c2ccc3c(c2)OC(F)(F)C(F)(F)O3)c(=NC(=O)N(C)Cc2ccc(Cl)cc2)s1. The highest BCUT2D eigenvalue weighted by molar-refractivity contribution is 7.09. The van der Waals surface area contributed by atoms with Gasteiger partial charge in [0.1, 0.15) is 0 Å². The lowest BCUT2D eigenvalue weighted by molar-refractivity contribution is -0.391. The number of thiazole rings is 1. The molecule has 0 N–H and O–H groups in total. The Bertz CT molecular complexity index is 1270. The summed E-state index contributed by atoms with van der Waals surface area (Å²) in [5.74, 6) is -1.09. The maximum Gasteiger partial charge on any atom is 0.507 e. The molecule has 1 aliphatic rings. The number of aryl methyl sites for hydroxylation is 1. The molecule has 0 fully saturated rings. The molecule has 1 aromatic heterocycles. The fraction of sp³-hybridized carbons (Fsp3) is 0.238. The second-order valence-corrected chi connectivity index (χ2v) is 8.89. The van der Waals surface area contributed by atoms with E-state index in [4.69, 9.17) is 11.6 Å². The van der Waals surface area contributed by atoms with E-state index in [0.29, 0.717) is 5.02 Å². The van der Waals surface area contributed by atoms with Crippen LogP contribution in [0.2, 0.25) is 5.02 Å². The molecule has 0 saturated carbocycles. The van der Waals surface area contributed by atoms with Crippen molar-refractivity contribution in [1.29, 1.82) is 0 Å². The van der Waals surface area contributed by atoms with E-state index in [2.05, 4.69) is 14.5 Å². The summed E-state index contributed by atoms with van der Waals surface area (Å²) < 4.78 is 63.7. The predicted molar refractivity (Wildman–Crippen MR) is 113 cm³/mol. The Morgan fingerprint density at radius 2 is 1.73 bits per heavy atom. The van der Waals surface area contributed by atoms with Gasteiger partial charge in [-0.1, -0.05) is 23.7 Å². The van der Waals surface area contributed by atoms with Crippen molar-refractivity contribution in [2.45, 2.75) is 25.7 Å². The average Bonchev–Trinajstić information content (AvgIpc) is 3.09. The van der Waals surface area contributed by atoms with Gasteiger partial charge in [-0.2, -0.15) is 22.6 Å². The number of hydrogen-bond donors (Lipinski definition) is 0. The molecular weight excluding hydrogens is 486 g/mol. The fourth-order valence-corrected chi connectivity index (χ4v) is 3.97. The summed E-state index contributed by atoms with van der Waals surface area (Å²) in [6, 6.07) is 10.0. The van der Waals surface area contributed by atoms with Crippen molar-refractivity contribution in [3.8, 4) is 17.2 Å². The lowest BCUT2D eigenvalue weighted by Crippen LogP contribution is -2.52. The van der Waals surface area contributed by atoms with E-state index >= 15 is 0 Å². The molecule has 2 aromatic carbocycles. The van der Waals surface area contributed by atoms with Crippen molar-refractivity contribution in [2.75, 3.05) is 7.05 Å². The maximum atomic E-state index is 13.6. The molecule has 174 valence electrons. The van der Waals surface area contributed by atoms with E-state index in [0.717, 1.165) is 22.6 Å². The van der Waals surface area contributed by atoms with Crippen molar-refractivity contribution < 1.29 is 31.8 Å². The van der Waals surface area contributed by atoms with Crippen LogP contribution in [0, 0.1) is 6.92 Å². The van der Waals surface area contributed by atoms with E-state index < -0.39 is 29.7 Å². The molecule has 6 nitrogen and oxygen atoms in total. The first-order chi connectivity index (χ1) is 15.4. The number of halogens is 5. The number of aromatic nitrogens is 1. The van der Waals surface area contributed by atoms with Gasteiger partial charge in [0.2, 0.25) is 0 Å². The quantitative estimate of drug-likeness (QED) is 0.438. The minimum atomic E-state index is -4.83. The van der Waals surface area contributed by atoms with Crippen LogP contribution in [0.3, 0.4) is 0 Å². The first-order valence-corrected chi connectivity index (χ1v) is 10.7. The van der Waals surface area contributed by atoms with Crippen LogP contribution in [0.15, 0.2) is 53.7 Å². The van der Waals surface area contributed by atoms with Crippen molar-refractivity contribution in [3.05, 3.63) is 68.9 Å². The van der Waals surface area contributed by atoms with Gasteiger partial charge in [0.05, 0.1) is 5.69 Å². The van der Waals surface area contributed by atoms with Crippen molar-refractivity contribution in [1.82, 2.24) is 9.47 Å². The van der Waals surface area contributed by atoms with Gasteiger partial charge in [-0.3, -0.25) is 4.57 Å². The van der Waals surface area contributed by atoms with Gasteiger partial charge in [0.15, 0.2) is 16.3 Å². The summed E-state index contributed by atoms with van der Waals surface area (Å²) in [6.45, 7) is 2.06. The molecule has 12 heteroatoms. The van der Waals surface area contributed by atoms with Crippen LogP contribution in [0.5, 0.6) is 11.5 Å². The summed E-state index contributed by atoms with van der Waals surface area (Å²) in [4.78, 5) is 19.2. The molecule has 0 atom stereocenters. The number of hydrogen-bond acceptors (Lipinski definition) is 4. The second-order valence-electron chi connectivity index (χ2n) is 7.24. The molecule has 0 radical (unpaired) electrons. The van der Waals surface area contributed by atoms with Gasteiger partial charge in [-0.15, -0.1) is 11.3 Å². The van der Waals surface area contributed by atoms with Crippen LogP contribution in [-0.2, 0) is 6.54 Å². The zero-order valence-electron chi connectivity index (χ0n) is 17.2. The Morgan fingerprint density at radius 1 is 1.09 bits per heavy atom. The Kier molecular flexibility index (Phi) is 5.87. The molecular formula is C21H16ClF4N3O3S. The number of benzene rings is 2. The van der Waals surface area contributed by atoms with Crippen LogP contribution < -0.4 is 14.3 Å². The highest BCUT2D eigenvalue weighted by atomic mass is 35.5. The highest BCUT2D eigenvalue weighted by Crippen LogP contribution is 2.47. The standard InChI is InChI=1S/C21H16ClF4N3O3S/c1-12-10-29(15-7-8-16-17(9-15)32-21(25,26)20(23,24)31-16)19(33-12)27-18(30)28(2)11-13-3-5-14(22)6-4-13/h3-10H,11H2,1-2H3. The van der Waals surface area contributed by atoms with Crippen molar-refractivity contribution in [2.24, 2.45) is 4.99 Å². The average molecular weight is 502 g/mol. The third-order valence-corrected chi connectivity index (χ3v) is 5.79. The molecule has 2 amide bonds. The Labute approximate surface area is 194 Å². The van der Waals surface area contributed by atoms with E-state index in [1.807, 2.05) is 0 Å². The van der Waals surface area contributed by atoms with Crippen molar-refractivity contribution >= 4 is 29.0 Å². The first-order valence-electron chi connectivity index (χ1n) is 9.47. The monoisotopic (exact) mass is 501 g/mol. The van der Waals surface area contributed by atoms with Crippen molar-refractivity contribution in [3.63, 3.8) is 0 Å². The predicted octanol–water partition coefficient (Wildman–Crippen LogP) is 5.61. The molecule has 1 aliphatic heterocycles. The number of carbonyl (C=O) groups is 1. The minimum Gasteiger partial charge on any atom is -0.421 e. The zero-order chi connectivity index (χ0) is 24.0. The van der Waals surface area contributed by atoms with Crippen LogP contribution in [0.25, 0.3) is 5.69 Å². The van der Waals surface area contributed by atoms with E-state index in [1.165, 1.54) is 26.9 Å². The number of carbonyl (C=O) groups excluding carboxylic acids is 1. The topological polar surface area (TPSA) is 56.1 Å². The first kappa shape index (κ1) is 23.1. The number of fused-ring (bicyclic) bond motifs is 1. The summed E-state index contributed by atoms with van der Waals surface area (Å²) in [5, 5.41) is 0.577. The van der Waals surface area contributed by atoms with Crippen LogP contribution in [0.4, 0.5) is 22.4 Å². The molecule has 0 bridgehead atoms. The largest absolute Gasteiger partial charge is 0.507 e. The van der Waals surface area contributed by atoms with Gasteiger partial charge in [0.25, 0.3) is 0 Å². The van der Waals surface area contributed by atoms with Gasteiger partial charge < -0.3 is 14.4 Å². The number of rotatable bonds is 3. The van der Waals surface area contributed by atoms with Crippen LogP contribution >= 0.6 is 22.9 Å². The van der Waals surface area contributed by atoms with E-state index in [-0.39, 0.29) is 17.0 Å². The summed E-state index contributed by atoms with van der Waals surface area (Å²) >= 11 is 7.07. The molecule has 0 spiro atoms. The highest BCUT2D eigenvalue weighted by Gasteiger charge is 2.65. The number of alkyl halides is 4. The molecule has 3 aromatic rings. The Hall–Kier alpha value is -3.05. The normalized spacial score (nSPS) is 16.5. The molecule has 0 saturated heterocycles. The summed E-state index contributed by atoms with van der Waals surface area (Å²) in [5.41, 5.74) is 1.12. The summed E-state index contributed by atoms with van der Waals surface area (Å²) in [6.07, 6.45) is -8.00. The minimum absolute atomic E-state index is 0.259. The second kappa shape index (κ2) is 8.38. The molecule has 2 heterocycles. The van der Waals surface area contributed by atoms with Gasteiger partial charge in [0, 0.05) is 35.8 Å². The molecule has 0 unspecified atom stereocenters. The molecule has 33 heavy (non-hydrogen) atoms. The third kappa shape index (κ3) is 4.69. The Balaban J connectivity index is 1.63. The van der Waals surface area contributed by atoms with Gasteiger partial charge >= 0.3 is 18.2 Å². The molecule has 0 aliphatic carbocycles. The Morgan fingerprint density at radius 3 is 2.39 bits per heavy atom. The smallest absolute Gasteiger partial charge is 0.421 e. The summed E-state index contributed by atoms with van der Waals surface area (Å²) in [7, 11) is 1.58. The number of ether oxygens (including phenoxy) is 2. The third-order valence-electron chi connectivity index (χ3n) is 4.64. The molecule has 4 rings (SSSR count). The maximum absolute atomic E-state index is 13.6. The number of amides is 2. The van der Waals surface area contributed by atoms with Crippen LogP contribution in [0.1, 0.15) is 10.4 Å². The zero-order valence-corrected chi connectivity index (χ0v) is 18.8. The van der Waals surface area contributed by atoms with Crippen LogP contribution in [-0.4, -0.2) is 34.8 Å². The lowest BCUT2D eigenvalue weighted by Gasteiger charge is -2.31. The fourth-order valence-electron chi connectivity index (χ4n) is 3.02. The lowest BCUT2D eigenvalue weighted by atomic mass is 10.2. The number of urea groups is 1. The van der Waals surface area contributed by atoms with Gasteiger partial charge in [-0.05, 0) is 36.8 Å². The van der Waals surface area contributed by atoms with E-state index in [1.54, 1.807) is 44.4 Å². The van der Waals surface area contributed by atoms with E-state index in [9.17, 15) is 22.4 Å². The van der Waals surface area contributed by atoms with Gasteiger partial charge in [-0.25, -0.2) is 4.79 Å². The number of nitrogens with zero attached hydrogens (tertiary/aromatic N) is 3.